The molecule has 7 heteroatoms. The minimum absolute atomic E-state index is 0.0162. The Morgan fingerprint density at radius 1 is 1.17 bits per heavy atom. The molecule has 2 heterocycles. The molecule has 0 N–H and O–H groups in total. The lowest BCUT2D eigenvalue weighted by Gasteiger charge is -2.52. The first-order chi connectivity index (χ1) is 17.1. The Bertz CT molecular complexity index is 1060. The number of epoxide rings is 1. The molecule has 0 amide bonds. The van der Waals surface area contributed by atoms with Crippen molar-refractivity contribution < 1.29 is 33.4 Å². The summed E-state index contributed by atoms with van der Waals surface area (Å²) in [6.07, 6.45) is 10.1. The summed E-state index contributed by atoms with van der Waals surface area (Å²) in [5.74, 6) is -0.00560. The van der Waals surface area contributed by atoms with Gasteiger partial charge < -0.3 is 14.2 Å². The molecule has 0 aromatic heterocycles. The predicted octanol–water partition coefficient (Wildman–Crippen LogP) is 4.42. The van der Waals surface area contributed by atoms with Crippen LogP contribution in [0.4, 0.5) is 0 Å². The van der Waals surface area contributed by atoms with Gasteiger partial charge in [0.1, 0.15) is 12.7 Å². The predicted molar refractivity (Wildman–Crippen MR) is 131 cm³/mol. The number of fused-ring (bicyclic) bond motifs is 1. The lowest BCUT2D eigenvalue weighted by molar-refractivity contribution is -0.149. The van der Waals surface area contributed by atoms with E-state index < -0.39 is 17.0 Å². The van der Waals surface area contributed by atoms with E-state index in [9.17, 15) is 19.2 Å². The summed E-state index contributed by atoms with van der Waals surface area (Å²) >= 11 is 0. The molecule has 36 heavy (non-hydrogen) atoms. The molecule has 7 unspecified atom stereocenters. The molecule has 0 radical (unpaired) electrons. The van der Waals surface area contributed by atoms with Crippen molar-refractivity contribution in [1.29, 1.82) is 0 Å². The average Bonchev–Trinajstić information content (AvgIpc) is 3.55. The van der Waals surface area contributed by atoms with Crippen LogP contribution in [0.1, 0.15) is 85.5 Å². The summed E-state index contributed by atoms with van der Waals surface area (Å²) in [5.41, 5.74) is -0.162. The molecule has 1 saturated heterocycles. The van der Waals surface area contributed by atoms with Gasteiger partial charge in [0.2, 0.25) is 0 Å². The average molecular weight is 499 g/mol. The van der Waals surface area contributed by atoms with E-state index in [0.29, 0.717) is 30.3 Å². The molecule has 5 aliphatic rings. The van der Waals surface area contributed by atoms with Crippen molar-refractivity contribution in [3.05, 3.63) is 23.3 Å². The number of carbonyl (C=O) groups is 4. The molecule has 2 saturated carbocycles. The van der Waals surface area contributed by atoms with E-state index in [1.54, 1.807) is 0 Å². The second-order valence-electron chi connectivity index (χ2n) is 12.0. The van der Waals surface area contributed by atoms with Crippen LogP contribution in [0.25, 0.3) is 0 Å². The number of allylic oxidation sites excluding steroid dienone is 1. The highest BCUT2D eigenvalue weighted by atomic mass is 16.6. The van der Waals surface area contributed by atoms with Crippen molar-refractivity contribution in [3.63, 3.8) is 0 Å². The van der Waals surface area contributed by atoms with Crippen molar-refractivity contribution in [2.24, 2.45) is 22.7 Å². The van der Waals surface area contributed by atoms with Gasteiger partial charge in [0, 0.05) is 13.3 Å². The molecule has 3 aliphatic carbocycles. The molecule has 196 valence electrons. The van der Waals surface area contributed by atoms with Crippen LogP contribution < -0.4 is 0 Å². The Labute approximate surface area is 213 Å². The molecule has 5 rings (SSSR count). The number of ether oxygens (including phenoxy) is 3. The van der Waals surface area contributed by atoms with Gasteiger partial charge in [-0.15, -0.1) is 0 Å². The van der Waals surface area contributed by atoms with Crippen molar-refractivity contribution in [3.8, 4) is 0 Å². The first kappa shape index (κ1) is 25.4. The highest BCUT2D eigenvalue weighted by Gasteiger charge is 2.78. The molecule has 7 nitrogen and oxygen atoms in total. The summed E-state index contributed by atoms with van der Waals surface area (Å²) in [7, 11) is 0. The fourth-order valence-corrected chi connectivity index (χ4v) is 8.27. The Morgan fingerprint density at radius 3 is 2.61 bits per heavy atom. The molecule has 2 aliphatic heterocycles. The van der Waals surface area contributed by atoms with Gasteiger partial charge in [0.15, 0.2) is 17.2 Å². The maximum absolute atomic E-state index is 13.3. The van der Waals surface area contributed by atoms with E-state index in [0.717, 1.165) is 50.5 Å². The fraction of sp³-hybridized carbons (Fsp3) is 0.724. The Morgan fingerprint density at radius 2 is 1.92 bits per heavy atom. The third kappa shape index (κ3) is 3.80. The quantitative estimate of drug-likeness (QED) is 0.395. The van der Waals surface area contributed by atoms with E-state index in [-0.39, 0.29) is 41.8 Å². The van der Waals surface area contributed by atoms with Crippen LogP contribution in [-0.4, -0.2) is 47.9 Å². The second-order valence-corrected chi connectivity index (χ2v) is 12.0. The first-order valence-electron chi connectivity index (χ1n) is 13.5. The molecule has 2 bridgehead atoms. The number of cyclic esters (lactones) is 1. The van der Waals surface area contributed by atoms with Crippen LogP contribution in [0, 0.1) is 22.7 Å². The van der Waals surface area contributed by atoms with Crippen LogP contribution in [0.2, 0.25) is 0 Å². The SMILES string of the molecule is CCC1C2CC3OC34C(=O)C=CC(=O)C4(CCCC1(C)CCC1CC(C)=C(COC(C)=O)C(=O)O1)C2. The number of ketones is 2. The summed E-state index contributed by atoms with van der Waals surface area (Å²) in [6.45, 7) is 7.80. The number of carbonyl (C=O) groups excluding carboxylic acids is 4. The van der Waals surface area contributed by atoms with Gasteiger partial charge in [-0.1, -0.05) is 32.3 Å². The Hall–Kier alpha value is -2.28. The highest BCUT2D eigenvalue weighted by Crippen LogP contribution is 2.67. The topological polar surface area (TPSA) is 99.3 Å². The molecule has 7 atom stereocenters. The monoisotopic (exact) mass is 498 g/mol. The Balaban J connectivity index is 1.31. The summed E-state index contributed by atoms with van der Waals surface area (Å²) in [6, 6.07) is 0. The Kier molecular flexibility index (Phi) is 6.29. The van der Waals surface area contributed by atoms with Gasteiger partial charge in [0.05, 0.1) is 17.1 Å². The van der Waals surface area contributed by atoms with Gasteiger partial charge in [-0.3, -0.25) is 14.4 Å². The van der Waals surface area contributed by atoms with Gasteiger partial charge in [-0.2, -0.15) is 0 Å². The van der Waals surface area contributed by atoms with Crippen LogP contribution in [-0.2, 0) is 33.4 Å². The molecule has 0 aromatic rings. The van der Waals surface area contributed by atoms with E-state index in [4.69, 9.17) is 14.2 Å². The van der Waals surface area contributed by atoms with Gasteiger partial charge in [0.25, 0.3) is 0 Å². The summed E-state index contributed by atoms with van der Waals surface area (Å²) in [5, 5.41) is 0. The summed E-state index contributed by atoms with van der Waals surface area (Å²) < 4.78 is 16.9. The summed E-state index contributed by atoms with van der Waals surface area (Å²) in [4.78, 5) is 49.9. The fourth-order valence-electron chi connectivity index (χ4n) is 8.27. The number of esters is 2. The maximum atomic E-state index is 13.3. The molecular formula is C29H38O7. The van der Waals surface area contributed by atoms with Gasteiger partial charge in [-0.25, -0.2) is 4.79 Å². The van der Waals surface area contributed by atoms with E-state index in [1.807, 2.05) is 6.92 Å². The molecule has 2 spiro atoms. The minimum Gasteiger partial charge on any atom is -0.461 e. The van der Waals surface area contributed by atoms with Crippen LogP contribution in [0.5, 0.6) is 0 Å². The zero-order valence-electron chi connectivity index (χ0n) is 21.9. The van der Waals surface area contributed by atoms with Crippen molar-refractivity contribution in [2.45, 2.75) is 103 Å². The second kappa shape index (κ2) is 8.93. The third-order valence-corrected chi connectivity index (χ3v) is 10.1. The standard InChI is InChI=1S/C29H38O7/c1-5-22-19-14-25-29(36-25)24(32)8-7-23(31)28(29,15-19)11-6-10-27(22,4)12-9-20-13-17(2)21(26(33)35-20)16-34-18(3)30/h7-8,19-20,22,25H,5-6,9-16H2,1-4H3. The largest absolute Gasteiger partial charge is 0.461 e. The van der Waals surface area contributed by atoms with Crippen molar-refractivity contribution in [1.82, 2.24) is 0 Å². The smallest absolute Gasteiger partial charge is 0.337 e. The van der Waals surface area contributed by atoms with E-state index in [1.165, 1.54) is 19.1 Å². The lowest BCUT2D eigenvalue weighted by Crippen LogP contribution is -2.58. The molecular weight excluding hydrogens is 460 g/mol. The number of hydrogen-bond donors (Lipinski definition) is 0. The number of hydrogen-bond acceptors (Lipinski definition) is 7. The minimum atomic E-state index is -0.897. The van der Waals surface area contributed by atoms with Crippen LogP contribution >= 0.6 is 0 Å². The van der Waals surface area contributed by atoms with Crippen molar-refractivity contribution >= 4 is 23.5 Å². The molecule has 3 fully saturated rings. The first-order valence-corrected chi connectivity index (χ1v) is 13.5. The lowest BCUT2D eigenvalue weighted by atomic mass is 9.49. The highest BCUT2D eigenvalue weighted by molar-refractivity contribution is 6.15. The van der Waals surface area contributed by atoms with Gasteiger partial charge >= 0.3 is 11.9 Å². The zero-order valence-corrected chi connectivity index (χ0v) is 21.9. The van der Waals surface area contributed by atoms with E-state index in [2.05, 4.69) is 13.8 Å². The third-order valence-electron chi connectivity index (χ3n) is 10.1. The van der Waals surface area contributed by atoms with Crippen molar-refractivity contribution in [2.75, 3.05) is 6.61 Å². The van der Waals surface area contributed by atoms with Crippen LogP contribution in [0.15, 0.2) is 23.3 Å². The van der Waals surface area contributed by atoms with Gasteiger partial charge in [-0.05, 0) is 74.9 Å². The number of rotatable bonds is 6. The normalized spacial score (nSPS) is 41.6. The maximum Gasteiger partial charge on any atom is 0.337 e. The molecule has 0 aromatic carbocycles. The zero-order chi connectivity index (χ0) is 25.9. The van der Waals surface area contributed by atoms with Crippen LogP contribution in [0.3, 0.4) is 0 Å². The van der Waals surface area contributed by atoms with E-state index >= 15 is 0 Å².